The summed E-state index contributed by atoms with van der Waals surface area (Å²) in [7, 11) is -1.91. The number of carbonyl (C=O) groups excluding carboxylic acids is 1. The van der Waals surface area contributed by atoms with Gasteiger partial charge in [-0.1, -0.05) is 48.0 Å². The third kappa shape index (κ3) is 4.82. The highest BCUT2D eigenvalue weighted by Crippen LogP contribution is 2.22. The second-order valence-corrected chi connectivity index (χ2v) is 8.11. The van der Waals surface area contributed by atoms with Gasteiger partial charge in [0.2, 0.25) is 15.9 Å². The van der Waals surface area contributed by atoms with Crippen LogP contribution in [0.15, 0.2) is 54.6 Å². The van der Waals surface area contributed by atoms with Crippen molar-refractivity contribution < 1.29 is 13.2 Å². The van der Waals surface area contributed by atoms with E-state index in [0.717, 1.165) is 17.4 Å². The third-order valence-electron chi connectivity index (χ3n) is 3.99. The van der Waals surface area contributed by atoms with Crippen LogP contribution in [0, 0.1) is 6.92 Å². The van der Waals surface area contributed by atoms with E-state index in [1.165, 1.54) is 4.31 Å². The number of anilines is 1. The second kappa shape index (κ2) is 7.70. The zero-order valence-corrected chi connectivity index (χ0v) is 15.8. The van der Waals surface area contributed by atoms with Crippen molar-refractivity contribution in [1.82, 2.24) is 4.90 Å². The number of hydrogen-bond acceptors (Lipinski definition) is 3. The SMILES string of the molecule is Cc1ccc(N([C@@H](C)C(=O)N(C)Cc2ccccc2)S(C)(=O)=O)cc1. The fourth-order valence-electron chi connectivity index (χ4n) is 2.75. The van der Waals surface area contributed by atoms with Gasteiger partial charge in [-0.25, -0.2) is 8.42 Å². The fourth-order valence-corrected chi connectivity index (χ4v) is 3.92. The molecule has 2 aromatic carbocycles. The van der Waals surface area contributed by atoms with E-state index in [-0.39, 0.29) is 5.91 Å². The third-order valence-corrected chi connectivity index (χ3v) is 5.24. The van der Waals surface area contributed by atoms with Crippen molar-refractivity contribution in [2.75, 3.05) is 17.6 Å². The first kappa shape index (κ1) is 19.0. The van der Waals surface area contributed by atoms with Crippen LogP contribution >= 0.6 is 0 Å². The van der Waals surface area contributed by atoms with Crippen molar-refractivity contribution in [3.05, 3.63) is 65.7 Å². The number of aryl methyl sites for hydroxylation is 1. The Labute approximate surface area is 149 Å². The van der Waals surface area contributed by atoms with Crippen LogP contribution in [0.3, 0.4) is 0 Å². The van der Waals surface area contributed by atoms with E-state index in [4.69, 9.17) is 0 Å². The smallest absolute Gasteiger partial charge is 0.246 e. The molecule has 0 heterocycles. The Morgan fingerprint density at radius 3 is 2.12 bits per heavy atom. The zero-order chi connectivity index (χ0) is 18.6. The number of benzene rings is 2. The molecule has 0 aliphatic rings. The highest BCUT2D eigenvalue weighted by molar-refractivity contribution is 7.92. The molecule has 0 aliphatic heterocycles. The Bertz CT molecular complexity index is 818. The lowest BCUT2D eigenvalue weighted by atomic mass is 10.2. The van der Waals surface area contributed by atoms with Gasteiger partial charge in [-0.15, -0.1) is 0 Å². The molecular formula is C19H24N2O3S. The zero-order valence-electron chi connectivity index (χ0n) is 15.0. The van der Waals surface area contributed by atoms with Crippen LogP contribution in [0.2, 0.25) is 0 Å². The number of sulfonamides is 1. The van der Waals surface area contributed by atoms with E-state index in [0.29, 0.717) is 12.2 Å². The van der Waals surface area contributed by atoms with Gasteiger partial charge < -0.3 is 4.90 Å². The van der Waals surface area contributed by atoms with E-state index in [2.05, 4.69) is 0 Å². The second-order valence-electron chi connectivity index (χ2n) is 6.25. The van der Waals surface area contributed by atoms with Gasteiger partial charge in [0, 0.05) is 13.6 Å². The quantitative estimate of drug-likeness (QED) is 0.796. The molecule has 0 saturated carbocycles. The Hall–Kier alpha value is -2.34. The average Bonchev–Trinajstić information content (AvgIpc) is 2.55. The van der Waals surface area contributed by atoms with Crippen LogP contribution in [0.5, 0.6) is 0 Å². The molecule has 2 aromatic rings. The molecule has 6 heteroatoms. The molecule has 25 heavy (non-hydrogen) atoms. The topological polar surface area (TPSA) is 57.7 Å². The first-order valence-corrected chi connectivity index (χ1v) is 9.90. The standard InChI is InChI=1S/C19H24N2O3S/c1-15-10-12-18(13-11-15)21(25(4,23)24)16(2)19(22)20(3)14-17-8-6-5-7-9-17/h5-13,16H,14H2,1-4H3/t16-/m0/s1. The molecule has 0 aromatic heterocycles. The summed E-state index contributed by atoms with van der Waals surface area (Å²) >= 11 is 0. The lowest BCUT2D eigenvalue weighted by Gasteiger charge is -2.31. The van der Waals surface area contributed by atoms with Crippen molar-refractivity contribution in [2.45, 2.75) is 26.4 Å². The maximum Gasteiger partial charge on any atom is 0.246 e. The molecular weight excluding hydrogens is 336 g/mol. The van der Waals surface area contributed by atoms with Crippen molar-refractivity contribution >= 4 is 21.6 Å². The fraction of sp³-hybridized carbons (Fsp3) is 0.316. The van der Waals surface area contributed by atoms with E-state index < -0.39 is 16.1 Å². The van der Waals surface area contributed by atoms with Gasteiger partial charge in [0.1, 0.15) is 6.04 Å². The summed E-state index contributed by atoms with van der Waals surface area (Å²) in [6.07, 6.45) is 1.12. The highest BCUT2D eigenvalue weighted by Gasteiger charge is 2.30. The van der Waals surface area contributed by atoms with E-state index in [9.17, 15) is 13.2 Å². The first-order valence-electron chi connectivity index (χ1n) is 8.05. The molecule has 1 amide bonds. The molecule has 134 valence electrons. The number of amides is 1. The molecule has 0 spiro atoms. The molecule has 5 nitrogen and oxygen atoms in total. The number of hydrogen-bond donors (Lipinski definition) is 0. The Morgan fingerprint density at radius 2 is 1.60 bits per heavy atom. The average molecular weight is 360 g/mol. The van der Waals surface area contributed by atoms with Crippen LogP contribution in [-0.4, -0.2) is 38.6 Å². The maximum atomic E-state index is 12.8. The summed E-state index contributed by atoms with van der Waals surface area (Å²) in [6, 6.07) is 15.9. The predicted molar refractivity (Wildman–Crippen MR) is 101 cm³/mol. The van der Waals surface area contributed by atoms with Crippen LogP contribution in [0.25, 0.3) is 0 Å². The summed E-state index contributed by atoms with van der Waals surface area (Å²) < 4.78 is 25.8. The van der Waals surface area contributed by atoms with Gasteiger partial charge in [0.15, 0.2) is 0 Å². The summed E-state index contributed by atoms with van der Waals surface area (Å²) in [4.78, 5) is 14.3. The number of likely N-dealkylation sites (N-methyl/N-ethyl adjacent to an activating group) is 1. The summed E-state index contributed by atoms with van der Waals surface area (Å²) in [6.45, 7) is 3.97. The van der Waals surface area contributed by atoms with Gasteiger partial charge in [0.05, 0.1) is 11.9 Å². The molecule has 0 saturated heterocycles. The van der Waals surface area contributed by atoms with Crippen LogP contribution in [0.4, 0.5) is 5.69 Å². The monoisotopic (exact) mass is 360 g/mol. The highest BCUT2D eigenvalue weighted by atomic mass is 32.2. The largest absolute Gasteiger partial charge is 0.340 e. The Kier molecular flexibility index (Phi) is 5.85. The van der Waals surface area contributed by atoms with Crippen molar-refractivity contribution in [3.63, 3.8) is 0 Å². The lowest BCUT2D eigenvalue weighted by Crippen LogP contribution is -2.48. The number of carbonyl (C=O) groups is 1. The molecule has 0 N–H and O–H groups in total. The van der Waals surface area contributed by atoms with Gasteiger partial charge in [0.25, 0.3) is 0 Å². The van der Waals surface area contributed by atoms with Gasteiger partial charge in [-0.3, -0.25) is 9.10 Å². The molecule has 0 fully saturated rings. The predicted octanol–water partition coefficient (Wildman–Crippen LogP) is 2.81. The van der Waals surface area contributed by atoms with Crippen molar-refractivity contribution in [1.29, 1.82) is 0 Å². The van der Waals surface area contributed by atoms with Gasteiger partial charge >= 0.3 is 0 Å². The summed E-state index contributed by atoms with van der Waals surface area (Å²) in [5.74, 6) is -0.255. The van der Waals surface area contributed by atoms with Crippen molar-refractivity contribution in [2.24, 2.45) is 0 Å². The minimum absolute atomic E-state index is 0.255. The van der Waals surface area contributed by atoms with Gasteiger partial charge in [-0.2, -0.15) is 0 Å². The van der Waals surface area contributed by atoms with Crippen LogP contribution in [0.1, 0.15) is 18.1 Å². The van der Waals surface area contributed by atoms with E-state index in [1.807, 2.05) is 49.4 Å². The first-order chi connectivity index (χ1) is 11.7. The Morgan fingerprint density at radius 1 is 1.04 bits per heavy atom. The molecule has 0 unspecified atom stereocenters. The molecule has 0 bridgehead atoms. The van der Waals surface area contributed by atoms with Gasteiger partial charge in [-0.05, 0) is 31.5 Å². The van der Waals surface area contributed by atoms with Crippen LogP contribution < -0.4 is 4.31 Å². The Balaban J connectivity index is 2.25. The van der Waals surface area contributed by atoms with Crippen LogP contribution in [-0.2, 0) is 21.4 Å². The molecule has 0 aliphatic carbocycles. The van der Waals surface area contributed by atoms with E-state index in [1.54, 1.807) is 31.0 Å². The lowest BCUT2D eigenvalue weighted by molar-refractivity contribution is -0.131. The van der Waals surface area contributed by atoms with E-state index >= 15 is 0 Å². The minimum Gasteiger partial charge on any atom is -0.340 e. The summed E-state index contributed by atoms with van der Waals surface area (Å²) in [5, 5.41) is 0. The number of nitrogens with zero attached hydrogens (tertiary/aromatic N) is 2. The van der Waals surface area contributed by atoms with Crippen molar-refractivity contribution in [3.8, 4) is 0 Å². The minimum atomic E-state index is -3.60. The molecule has 1 atom stereocenters. The maximum absolute atomic E-state index is 12.8. The number of rotatable bonds is 6. The summed E-state index contributed by atoms with van der Waals surface area (Å²) in [5.41, 5.74) is 2.51. The molecule has 0 radical (unpaired) electrons. The molecule has 2 rings (SSSR count). The normalized spacial score (nSPS) is 12.5.